The summed E-state index contributed by atoms with van der Waals surface area (Å²) in [5.74, 6) is 0. The van der Waals surface area contributed by atoms with Crippen molar-refractivity contribution in [3.8, 4) is 0 Å². The standard InChI is InChI=1S/C22H25NO3/c1-19(2)16-25-21(15-24,23(19)4)20(3)22(26-20,17-11-7-5-8-12-17)18-13-9-6-10-14-18/h5-15H,16H2,1-4H3. The summed E-state index contributed by atoms with van der Waals surface area (Å²) in [4.78, 5) is 14.4. The maximum atomic E-state index is 12.4. The van der Waals surface area contributed by atoms with E-state index in [4.69, 9.17) is 9.47 Å². The zero-order chi connectivity index (χ0) is 18.6. The fourth-order valence-electron chi connectivity index (χ4n) is 4.40. The van der Waals surface area contributed by atoms with Gasteiger partial charge in [-0.2, -0.15) is 0 Å². The van der Waals surface area contributed by atoms with Crippen LogP contribution < -0.4 is 0 Å². The first-order chi connectivity index (χ1) is 12.3. The van der Waals surface area contributed by atoms with E-state index in [1.807, 2.05) is 55.3 Å². The highest BCUT2D eigenvalue weighted by Gasteiger charge is 2.81. The Hall–Kier alpha value is -2.01. The second-order valence-electron chi connectivity index (χ2n) is 8.02. The van der Waals surface area contributed by atoms with Crippen LogP contribution in [0.15, 0.2) is 60.7 Å². The van der Waals surface area contributed by atoms with E-state index in [0.717, 1.165) is 17.4 Å². The van der Waals surface area contributed by atoms with Gasteiger partial charge in [-0.05, 0) is 38.9 Å². The highest BCUT2D eigenvalue weighted by Crippen LogP contribution is 2.66. The minimum atomic E-state index is -1.15. The van der Waals surface area contributed by atoms with Crippen molar-refractivity contribution in [1.82, 2.24) is 4.90 Å². The Morgan fingerprint density at radius 1 is 0.923 bits per heavy atom. The molecule has 26 heavy (non-hydrogen) atoms. The van der Waals surface area contributed by atoms with Gasteiger partial charge < -0.3 is 9.47 Å². The molecule has 2 aromatic carbocycles. The van der Waals surface area contributed by atoms with Gasteiger partial charge in [0.15, 0.2) is 17.5 Å². The summed E-state index contributed by atoms with van der Waals surface area (Å²) in [5.41, 5.74) is -0.928. The van der Waals surface area contributed by atoms with Gasteiger partial charge in [-0.1, -0.05) is 60.7 Å². The first-order valence-electron chi connectivity index (χ1n) is 8.99. The molecule has 0 N–H and O–H groups in total. The van der Waals surface area contributed by atoms with Gasteiger partial charge in [-0.25, -0.2) is 0 Å². The molecule has 4 rings (SSSR count). The van der Waals surface area contributed by atoms with Crippen molar-refractivity contribution in [2.45, 2.75) is 43.2 Å². The summed E-state index contributed by atoms with van der Waals surface area (Å²) in [6.45, 7) is 6.62. The van der Waals surface area contributed by atoms with Gasteiger partial charge in [0.05, 0.1) is 6.61 Å². The van der Waals surface area contributed by atoms with Crippen LogP contribution in [0.5, 0.6) is 0 Å². The molecule has 2 heterocycles. The third kappa shape index (κ3) is 1.98. The van der Waals surface area contributed by atoms with Gasteiger partial charge in [0, 0.05) is 5.54 Å². The van der Waals surface area contributed by atoms with Crippen molar-refractivity contribution in [2.75, 3.05) is 13.7 Å². The number of aldehydes is 1. The van der Waals surface area contributed by atoms with Crippen LogP contribution in [-0.2, 0) is 19.9 Å². The SMILES string of the molecule is CN1C(C)(C)COC1(C=O)C1(C)OC1(c1ccccc1)c1ccccc1. The van der Waals surface area contributed by atoms with Gasteiger partial charge >= 0.3 is 0 Å². The maximum Gasteiger partial charge on any atom is 0.211 e. The summed E-state index contributed by atoms with van der Waals surface area (Å²) in [6.07, 6.45) is 0.912. The molecule has 0 radical (unpaired) electrons. The lowest BCUT2D eigenvalue weighted by molar-refractivity contribution is -0.154. The van der Waals surface area contributed by atoms with E-state index in [1.54, 1.807) is 0 Å². The number of likely N-dealkylation sites (N-methyl/N-ethyl adjacent to an activating group) is 1. The van der Waals surface area contributed by atoms with Crippen molar-refractivity contribution < 1.29 is 14.3 Å². The van der Waals surface area contributed by atoms with Crippen molar-refractivity contribution in [2.24, 2.45) is 0 Å². The molecule has 0 saturated carbocycles. The molecule has 0 aromatic heterocycles. The van der Waals surface area contributed by atoms with Crippen LogP contribution in [0.25, 0.3) is 0 Å². The van der Waals surface area contributed by atoms with Crippen LogP contribution in [0.4, 0.5) is 0 Å². The average molecular weight is 351 g/mol. The quantitative estimate of drug-likeness (QED) is 0.626. The lowest BCUT2D eigenvalue weighted by Crippen LogP contribution is -2.60. The predicted octanol–water partition coefficient (Wildman–Crippen LogP) is 3.35. The largest absolute Gasteiger partial charge is 0.349 e. The second-order valence-corrected chi connectivity index (χ2v) is 8.02. The molecule has 2 fully saturated rings. The molecule has 2 aliphatic heterocycles. The summed E-state index contributed by atoms with van der Waals surface area (Å²) in [7, 11) is 1.94. The lowest BCUT2D eigenvalue weighted by Gasteiger charge is -2.39. The summed E-state index contributed by atoms with van der Waals surface area (Å²) in [5, 5.41) is 0. The molecule has 0 amide bonds. The molecule has 4 nitrogen and oxygen atoms in total. The molecule has 2 aromatic rings. The normalized spacial score (nSPS) is 32.3. The van der Waals surface area contributed by atoms with E-state index in [0.29, 0.717) is 6.61 Å². The number of nitrogens with zero attached hydrogens (tertiary/aromatic N) is 1. The van der Waals surface area contributed by atoms with E-state index in [-0.39, 0.29) is 5.54 Å². The molecule has 2 aliphatic rings. The number of ether oxygens (including phenoxy) is 2. The number of hydrogen-bond acceptors (Lipinski definition) is 4. The Bertz CT molecular complexity index is 780. The van der Waals surface area contributed by atoms with Crippen LogP contribution in [0.1, 0.15) is 31.9 Å². The highest BCUT2D eigenvalue weighted by molar-refractivity contribution is 5.70. The molecular weight excluding hydrogens is 326 g/mol. The van der Waals surface area contributed by atoms with Crippen LogP contribution in [0, 0.1) is 0 Å². The highest BCUT2D eigenvalue weighted by atomic mass is 16.7. The first kappa shape index (κ1) is 17.4. The zero-order valence-electron chi connectivity index (χ0n) is 15.7. The molecule has 4 heteroatoms. The maximum absolute atomic E-state index is 12.4. The van der Waals surface area contributed by atoms with Crippen molar-refractivity contribution in [3.05, 3.63) is 71.8 Å². The summed E-state index contributed by atoms with van der Waals surface area (Å²) in [6, 6.07) is 20.2. The molecule has 0 aliphatic carbocycles. The minimum absolute atomic E-state index is 0.255. The topological polar surface area (TPSA) is 42.1 Å². The van der Waals surface area contributed by atoms with Crippen LogP contribution in [-0.4, -0.2) is 41.7 Å². The Balaban J connectivity index is 1.91. The van der Waals surface area contributed by atoms with Crippen molar-refractivity contribution >= 4 is 6.29 Å². The van der Waals surface area contributed by atoms with E-state index in [1.165, 1.54) is 0 Å². The number of carbonyl (C=O) groups excluding carboxylic acids is 1. The van der Waals surface area contributed by atoms with Crippen molar-refractivity contribution in [3.63, 3.8) is 0 Å². The molecule has 0 spiro atoms. The van der Waals surface area contributed by atoms with E-state index >= 15 is 0 Å². The first-order valence-corrected chi connectivity index (χ1v) is 8.99. The van der Waals surface area contributed by atoms with Gasteiger partial charge in [0.2, 0.25) is 5.72 Å². The van der Waals surface area contributed by atoms with E-state index in [9.17, 15) is 4.79 Å². The third-order valence-electron chi connectivity index (χ3n) is 6.24. The van der Waals surface area contributed by atoms with Gasteiger partial charge in [0.1, 0.15) is 0 Å². The molecule has 2 saturated heterocycles. The Labute approximate surface area is 154 Å². The smallest absolute Gasteiger partial charge is 0.211 e. The van der Waals surface area contributed by atoms with Gasteiger partial charge in [-0.3, -0.25) is 9.69 Å². The number of epoxide rings is 1. The molecule has 2 unspecified atom stereocenters. The summed E-state index contributed by atoms with van der Waals surface area (Å²) < 4.78 is 12.7. The number of benzene rings is 2. The Morgan fingerprint density at radius 3 is 1.81 bits per heavy atom. The monoisotopic (exact) mass is 351 g/mol. The molecule has 2 atom stereocenters. The lowest BCUT2D eigenvalue weighted by atomic mass is 9.76. The third-order valence-corrected chi connectivity index (χ3v) is 6.24. The fraction of sp³-hybridized carbons (Fsp3) is 0.409. The van der Waals surface area contributed by atoms with Crippen molar-refractivity contribution in [1.29, 1.82) is 0 Å². The number of rotatable bonds is 4. The fourth-order valence-corrected chi connectivity index (χ4v) is 4.40. The Kier molecular flexibility index (Phi) is 3.68. The Morgan fingerprint density at radius 2 is 1.42 bits per heavy atom. The van der Waals surface area contributed by atoms with Crippen LogP contribution >= 0.6 is 0 Å². The zero-order valence-corrected chi connectivity index (χ0v) is 15.7. The predicted molar refractivity (Wildman–Crippen MR) is 99.7 cm³/mol. The average Bonchev–Trinajstić information content (AvgIpc) is 3.24. The van der Waals surface area contributed by atoms with E-state index < -0.39 is 16.9 Å². The molecular formula is C22H25NO3. The van der Waals surface area contributed by atoms with Gasteiger partial charge in [0.25, 0.3) is 0 Å². The molecule has 0 bridgehead atoms. The van der Waals surface area contributed by atoms with Crippen LogP contribution in [0.2, 0.25) is 0 Å². The number of hydrogen-bond donors (Lipinski definition) is 0. The minimum Gasteiger partial charge on any atom is -0.349 e. The second kappa shape index (κ2) is 5.49. The number of carbonyl (C=O) groups is 1. The van der Waals surface area contributed by atoms with Gasteiger partial charge in [-0.15, -0.1) is 0 Å². The van der Waals surface area contributed by atoms with E-state index in [2.05, 4.69) is 38.1 Å². The molecule has 136 valence electrons. The van der Waals surface area contributed by atoms with Crippen LogP contribution in [0.3, 0.4) is 0 Å². The summed E-state index contributed by atoms with van der Waals surface area (Å²) >= 11 is 0.